The van der Waals surface area contributed by atoms with E-state index in [-0.39, 0.29) is 29.0 Å². The lowest BCUT2D eigenvalue weighted by Crippen LogP contribution is -2.53. The van der Waals surface area contributed by atoms with Gasteiger partial charge in [-0.2, -0.15) is 0 Å². The molecule has 2 aromatic rings. The number of rotatable bonds is 8. The second-order valence-electron chi connectivity index (χ2n) is 9.59. The predicted molar refractivity (Wildman–Crippen MR) is 135 cm³/mol. The van der Waals surface area contributed by atoms with Crippen LogP contribution < -0.4 is 5.32 Å². The van der Waals surface area contributed by atoms with E-state index in [2.05, 4.69) is 5.32 Å². The predicted octanol–water partition coefficient (Wildman–Crippen LogP) is 3.40. The zero-order valence-electron chi connectivity index (χ0n) is 20.8. The van der Waals surface area contributed by atoms with Gasteiger partial charge < -0.3 is 10.2 Å². The molecule has 192 valence electrons. The lowest BCUT2D eigenvalue weighted by atomic mass is 9.95. The Kier molecular flexibility index (Phi) is 7.78. The van der Waals surface area contributed by atoms with Crippen LogP contribution in [-0.4, -0.2) is 54.0 Å². The summed E-state index contributed by atoms with van der Waals surface area (Å²) in [6.45, 7) is 3.26. The largest absolute Gasteiger partial charge is 0.352 e. The van der Waals surface area contributed by atoms with Crippen LogP contribution in [0, 0.1) is 6.92 Å². The summed E-state index contributed by atoms with van der Waals surface area (Å²) < 4.78 is 26.7. The molecule has 1 aliphatic carbocycles. The summed E-state index contributed by atoms with van der Waals surface area (Å²) in [5.41, 5.74) is 1.93. The molecule has 0 bridgehead atoms. The first kappa shape index (κ1) is 25.9. The summed E-state index contributed by atoms with van der Waals surface area (Å²) in [7, 11) is -4.14. The van der Waals surface area contributed by atoms with Gasteiger partial charge in [-0.15, -0.1) is 0 Å². The number of carbonyl (C=O) groups excluding carboxylic acids is 3. The van der Waals surface area contributed by atoms with Crippen LogP contribution in [0.25, 0.3) is 0 Å². The Labute approximate surface area is 212 Å². The molecule has 9 heteroatoms. The molecule has 3 amide bonds. The lowest BCUT2D eigenvalue weighted by molar-refractivity contribution is -0.141. The van der Waals surface area contributed by atoms with E-state index in [9.17, 15) is 22.8 Å². The third-order valence-corrected chi connectivity index (χ3v) is 8.79. The summed E-state index contributed by atoms with van der Waals surface area (Å²) in [6.07, 6.45) is 5.45. The quantitative estimate of drug-likeness (QED) is 0.585. The molecule has 1 aliphatic heterocycles. The molecule has 1 fully saturated rings. The summed E-state index contributed by atoms with van der Waals surface area (Å²) in [5.74, 6) is -1.57. The van der Waals surface area contributed by atoms with Gasteiger partial charge in [0.2, 0.25) is 11.8 Å². The summed E-state index contributed by atoms with van der Waals surface area (Å²) >= 11 is 0. The number of hydrogen-bond acceptors (Lipinski definition) is 5. The van der Waals surface area contributed by atoms with Crippen molar-refractivity contribution in [2.45, 2.75) is 75.9 Å². The van der Waals surface area contributed by atoms with Crippen LogP contribution in [0.4, 0.5) is 0 Å². The van der Waals surface area contributed by atoms with E-state index >= 15 is 0 Å². The van der Waals surface area contributed by atoms with Crippen LogP contribution in [-0.2, 0) is 26.2 Å². The van der Waals surface area contributed by atoms with Crippen LogP contribution >= 0.6 is 0 Å². The standard InChI is InChI=1S/C27H33N3O5S/c1-3-23(26(32)28-21-9-5-4-6-10-21)29(17-20-15-13-19(2)14-16-20)25(31)18-30-27(33)22-11-7-8-12-24(22)36(30,34)35/h7-8,11-16,21,23H,3-6,9-10,17-18H2,1-2H3,(H,28,32). The molecule has 2 aliphatic rings. The minimum absolute atomic E-state index is 0.0532. The molecule has 4 rings (SSSR count). The van der Waals surface area contributed by atoms with E-state index in [1.54, 1.807) is 12.1 Å². The summed E-state index contributed by atoms with van der Waals surface area (Å²) in [4.78, 5) is 41.2. The Morgan fingerprint density at radius 1 is 1.06 bits per heavy atom. The highest BCUT2D eigenvalue weighted by molar-refractivity contribution is 7.90. The number of nitrogens with zero attached hydrogens (tertiary/aromatic N) is 2. The monoisotopic (exact) mass is 511 g/mol. The van der Waals surface area contributed by atoms with E-state index in [1.165, 1.54) is 17.0 Å². The first-order chi connectivity index (χ1) is 17.2. The van der Waals surface area contributed by atoms with E-state index in [0.717, 1.165) is 43.2 Å². The van der Waals surface area contributed by atoms with E-state index in [0.29, 0.717) is 10.7 Å². The van der Waals surface area contributed by atoms with Gasteiger partial charge >= 0.3 is 0 Å². The number of amides is 3. The highest BCUT2D eigenvalue weighted by Crippen LogP contribution is 2.30. The Morgan fingerprint density at radius 2 is 1.72 bits per heavy atom. The van der Waals surface area contributed by atoms with Crippen molar-refractivity contribution in [3.05, 3.63) is 65.2 Å². The van der Waals surface area contributed by atoms with Crippen LogP contribution in [0.15, 0.2) is 53.4 Å². The van der Waals surface area contributed by atoms with Crippen molar-refractivity contribution in [3.63, 3.8) is 0 Å². The van der Waals surface area contributed by atoms with Crippen molar-refractivity contribution in [2.24, 2.45) is 0 Å². The maximum Gasteiger partial charge on any atom is 0.269 e. The number of aryl methyl sites for hydroxylation is 1. The van der Waals surface area contributed by atoms with Gasteiger partial charge in [0.05, 0.1) is 5.56 Å². The number of sulfonamides is 1. The van der Waals surface area contributed by atoms with Crippen molar-refractivity contribution in [1.82, 2.24) is 14.5 Å². The highest BCUT2D eigenvalue weighted by Gasteiger charge is 2.43. The fourth-order valence-corrected chi connectivity index (χ4v) is 6.47. The molecule has 1 unspecified atom stereocenters. The zero-order valence-corrected chi connectivity index (χ0v) is 21.6. The van der Waals surface area contributed by atoms with Crippen LogP contribution in [0.2, 0.25) is 0 Å². The first-order valence-electron chi connectivity index (χ1n) is 12.5. The smallest absolute Gasteiger partial charge is 0.269 e. The molecule has 8 nitrogen and oxygen atoms in total. The average Bonchev–Trinajstić information content (AvgIpc) is 3.06. The SMILES string of the molecule is CCC(C(=O)NC1CCCCC1)N(Cc1ccc(C)cc1)C(=O)CN1C(=O)c2ccccc2S1(=O)=O. The molecule has 2 aromatic carbocycles. The molecule has 0 radical (unpaired) electrons. The second-order valence-corrected chi connectivity index (χ2v) is 11.4. The highest BCUT2D eigenvalue weighted by atomic mass is 32.2. The van der Waals surface area contributed by atoms with Crippen LogP contribution in [0.1, 0.15) is 66.9 Å². The van der Waals surface area contributed by atoms with Crippen molar-refractivity contribution in [2.75, 3.05) is 6.54 Å². The van der Waals surface area contributed by atoms with Gasteiger partial charge in [-0.05, 0) is 43.9 Å². The third-order valence-electron chi connectivity index (χ3n) is 7.00. The van der Waals surface area contributed by atoms with Crippen molar-refractivity contribution in [1.29, 1.82) is 0 Å². The van der Waals surface area contributed by atoms with Gasteiger partial charge in [0.25, 0.3) is 15.9 Å². The van der Waals surface area contributed by atoms with E-state index < -0.39 is 34.4 Å². The van der Waals surface area contributed by atoms with Gasteiger partial charge in [0.1, 0.15) is 17.5 Å². The Bertz CT molecular complexity index is 1240. The van der Waals surface area contributed by atoms with E-state index in [1.807, 2.05) is 38.1 Å². The maximum absolute atomic E-state index is 13.6. The van der Waals surface area contributed by atoms with Gasteiger partial charge in [-0.3, -0.25) is 14.4 Å². The van der Waals surface area contributed by atoms with Crippen LogP contribution in [0.5, 0.6) is 0 Å². The molecular formula is C27H33N3O5S. The fourth-order valence-electron chi connectivity index (χ4n) is 4.95. The molecule has 1 atom stereocenters. The van der Waals surface area contributed by atoms with E-state index in [4.69, 9.17) is 0 Å². The molecule has 36 heavy (non-hydrogen) atoms. The van der Waals surface area contributed by atoms with Crippen molar-refractivity contribution >= 4 is 27.7 Å². The van der Waals surface area contributed by atoms with Gasteiger partial charge in [0.15, 0.2) is 0 Å². The molecule has 1 N–H and O–H groups in total. The lowest BCUT2D eigenvalue weighted by Gasteiger charge is -2.33. The Hall–Kier alpha value is -3.20. The van der Waals surface area contributed by atoms with Gasteiger partial charge in [0, 0.05) is 12.6 Å². The molecule has 1 saturated carbocycles. The van der Waals surface area contributed by atoms with Crippen molar-refractivity contribution in [3.8, 4) is 0 Å². The number of nitrogens with one attached hydrogen (secondary N) is 1. The maximum atomic E-state index is 13.6. The summed E-state index contributed by atoms with van der Waals surface area (Å²) in [5, 5.41) is 3.10. The Balaban J connectivity index is 1.60. The Morgan fingerprint density at radius 3 is 2.36 bits per heavy atom. The van der Waals surface area contributed by atoms with Gasteiger partial charge in [-0.25, -0.2) is 12.7 Å². The number of carbonyl (C=O) groups is 3. The second kappa shape index (κ2) is 10.8. The average molecular weight is 512 g/mol. The first-order valence-corrected chi connectivity index (χ1v) is 14.0. The molecular weight excluding hydrogens is 478 g/mol. The normalized spacial score (nSPS) is 17.9. The van der Waals surface area contributed by atoms with Crippen molar-refractivity contribution < 1.29 is 22.8 Å². The summed E-state index contributed by atoms with van der Waals surface area (Å²) in [6, 6.07) is 12.8. The minimum Gasteiger partial charge on any atom is -0.352 e. The number of hydrogen-bond donors (Lipinski definition) is 1. The zero-order chi connectivity index (χ0) is 25.9. The number of fused-ring (bicyclic) bond motifs is 1. The topological polar surface area (TPSA) is 104 Å². The number of benzene rings is 2. The minimum atomic E-state index is -4.14. The molecule has 0 aromatic heterocycles. The van der Waals surface area contributed by atoms with Gasteiger partial charge in [-0.1, -0.05) is 68.1 Å². The third kappa shape index (κ3) is 5.31. The van der Waals surface area contributed by atoms with Crippen LogP contribution in [0.3, 0.4) is 0 Å². The fraction of sp³-hybridized carbons (Fsp3) is 0.444. The molecule has 0 spiro atoms. The molecule has 1 heterocycles. The molecule has 0 saturated heterocycles.